The Balaban J connectivity index is 1.60. The molecule has 0 aromatic carbocycles. The first-order valence-electron chi connectivity index (χ1n) is 8.87. The first-order valence-corrected chi connectivity index (χ1v) is 8.87. The van der Waals surface area contributed by atoms with Crippen LogP contribution in [0.1, 0.15) is 42.2 Å². The molecule has 1 atom stereocenters. The van der Waals surface area contributed by atoms with Crippen LogP contribution < -0.4 is 0 Å². The average Bonchev–Trinajstić information content (AvgIpc) is 3.12. The third kappa shape index (κ3) is 4.00. The molecule has 1 N–H and O–H groups in total. The minimum absolute atomic E-state index is 0.127. The van der Waals surface area contributed by atoms with Gasteiger partial charge < -0.3 is 10.0 Å². The molecule has 1 aromatic rings. The molecular formula is C17H26F2N4O2. The molecule has 3 heterocycles. The SMILES string of the molecule is CCn1cc(C(=O)N2CC[C@](O)(CN3CCC(F)(F)CC3)C2)c(C)n1. The van der Waals surface area contributed by atoms with Crippen LogP contribution in [0, 0.1) is 6.92 Å². The summed E-state index contributed by atoms with van der Waals surface area (Å²) < 4.78 is 28.2. The molecule has 140 valence electrons. The quantitative estimate of drug-likeness (QED) is 0.889. The van der Waals surface area contributed by atoms with Crippen molar-refractivity contribution >= 4 is 5.91 Å². The number of hydrogen-bond acceptors (Lipinski definition) is 4. The number of nitrogens with zero attached hydrogens (tertiary/aromatic N) is 4. The third-order valence-electron chi connectivity index (χ3n) is 5.23. The molecule has 25 heavy (non-hydrogen) atoms. The maximum absolute atomic E-state index is 13.3. The second kappa shape index (κ2) is 6.64. The van der Waals surface area contributed by atoms with Gasteiger partial charge in [0.25, 0.3) is 11.8 Å². The Morgan fingerprint density at radius 3 is 2.56 bits per heavy atom. The van der Waals surface area contributed by atoms with Gasteiger partial charge in [-0.2, -0.15) is 5.10 Å². The number of halogens is 2. The molecule has 0 unspecified atom stereocenters. The molecule has 2 aliphatic rings. The van der Waals surface area contributed by atoms with Crippen molar-refractivity contribution in [3.63, 3.8) is 0 Å². The smallest absolute Gasteiger partial charge is 0.257 e. The fourth-order valence-corrected chi connectivity index (χ4v) is 3.67. The lowest BCUT2D eigenvalue weighted by atomic mass is 10.00. The molecule has 3 rings (SSSR count). The normalized spacial score (nSPS) is 27.0. The van der Waals surface area contributed by atoms with Crippen LogP contribution >= 0.6 is 0 Å². The van der Waals surface area contributed by atoms with Gasteiger partial charge in [-0.05, 0) is 20.3 Å². The van der Waals surface area contributed by atoms with Gasteiger partial charge in [0, 0.05) is 51.8 Å². The van der Waals surface area contributed by atoms with Crippen molar-refractivity contribution in [1.29, 1.82) is 0 Å². The number of aromatic nitrogens is 2. The summed E-state index contributed by atoms with van der Waals surface area (Å²) in [6.45, 7) is 6.05. The number of β-amino-alcohol motifs (C(OH)–C–C–N with tert-alkyl or cyclic N) is 1. The Hall–Kier alpha value is -1.54. The van der Waals surface area contributed by atoms with E-state index in [-0.39, 0.29) is 38.4 Å². The van der Waals surface area contributed by atoms with E-state index in [0.717, 1.165) is 0 Å². The Labute approximate surface area is 146 Å². The zero-order valence-corrected chi connectivity index (χ0v) is 14.8. The summed E-state index contributed by atoms with van der Waals surface area (Å²) in [5.74, 6) is -2.72. The first kappa shape index (κ1) is 18.3. The van der Waals surface area contributed by atoms with Gasteiger partial charge in [-0.25, -0.2) is 8.78 Å². The Kier molecular flexibility index (Phi) is 4.85. The Morgan fingerprint density at radius 2 is 1.96 bits per heavy atom. The second-order valence-corrected chi connectivity index (χ2v) is 7.32. The lowest BCUT2D eigenvalue weighted by Crippen LogP contribution is -2.49. The summed E-state index contributed by atoms with van der Waals surface area (Å²) >= 11 is 0. The van der Waals surface area contributed by atoms with E-state index >= 15 is 0 Å². The standard InChI is InChI=1S/C17H26F2N4O2/c1-3-23-10-14(13(2)20-23)15(24)22-9-4-16(25,12-22)11-21-7-5-17(18,19)6-8-21/h10,25H,3-9,11-12H2,1-2H3/t16-/m0/s1. The summed E-state index contributed by atoms with van der Waals surface area (Å²) in [5, 5.41) is 15.1. The molecule has 2 saturated heterocycles. The topological polar surface area (TPSA) is 61.6 Å². The van der Waals surface area contributed by atoms with E-state index in [1.807, 2.05) is 11.8 Å². The van der Waals surface area contributed by atoms with Crippen LogP contribution in [0.25, 0.3) is 0 Å². The predicted molar refractivity (Wildman–Crippen MR) is 88.7 cm³/mol. The minimum atomic E-state index is -2.59. The lowest BCUT2D eigenvalue weighted by molar-refractivity contribution is -0.0720. The number of carbonyl (C=O) groups is 1. The summed E-state index contributed by atoms with van der Waals surface area (Å²) in [5.41, 5.74) is 0.209. The average molecular weight is 356 g/mol. The van der Waals surface area contributed by atoms with Gasteiger partial charge in [-0.3, -0.25) is 14.4 Å². The van der Waals surface area contributed by atoms with Crippen molar-refractivity contribution in [1.82, 2.24) is 19.6 Å². The van der Waals surface area contributed by atoms with Crippen LogP contribution in [0.4, 0.5) is 8.78 Å². The molecule has 2 aliphatic heterocycles. The zero-order chi connectivity index (χ0) is 18.2. The number of amides is 1. The van der Waals surface area contributed by atoms with Crippen molar-refractivity contribution in [2.75, 3.05) is 32.7 Å². The summed E-state index contributed by atoms with van der Waals surface area (Å²) in [6, 6.07) is 0. The number of hydrogen-bond donors (Lipinski definition) is 1. The molecule has 0 saturated carbocycles. The predicted octanol–water partition coefficient (Wildman–Crippen LogP) is 1.52. The van der Waals surface area contributed by atoms with E-state index in [1.54, 1.807) is 22.7 Å². The van der Waals surface area contributed by atoms with Crippen LogP contribution in [0.15, 0.2) is 6.20 Å². The van der Waals surface area contributed by atoms with Crippen LogP contribution in [0.3, 0.4) is 0 Å². The van der Waals surface area contributed by atoms with Crippen LogP contribution in [0.5, 0.6) is 0 Å². The summed E-state index contributed by atoms with van der Waals surface area (Å²) in [6.07, 6.45) is 1.87. The number of rotatable bonds is 4. The maximum Gasteiger partial charge on any atom is 0.257 e. The molecular weight excluding hydrogens is 330 g/mol. The van der Waals surface area contributed by atoms with Gasteiger partial charge in [-0.1, -0.05) is 0 Å². The van der Waals surface area contributed by atoms with E-state index in [4.69, 9.17) is 0 Å². The van der Waals surface area contributed by atoms with Gasteiger partial charge in [0.15, 0.2) is 0 Å². The van der Waals surface area contributed by atoms with Crippen LogP contribution in [-0.4, -0.2) is 74.8 Å². The molecule has 0 spiro atoms. The van der Waals surface area contributed by atoms with E-state index in [1.165, 1.54) is 0 Å². The van der Waals surface area contributed by atoms with E-state index in [9.17, 15) is 18.7 Å². The Bertz CT molecular complexity index is 639. The molecule has 0 radical (unpaired) electrons. The lowest BCUT2D eigenvalue weighted by Gasteiger charge is -2.36. The van der Waals surface area contributed by atoms with Crippen molar-refractivity contribution in [2.45, 2.75) is 51.2 Å². The Morgan fingerprint density at radius 1 is 1.28 bits per heavy atom. The largest absolute Gasteiger partial charge is 0.387 e. The highest BCUT2D eigenvalue weighted by Crippen LogP contribution is 2.30. The van der Waals surface area contributed by atoms with Crippen molar-refractivity contribution in [3.05, 3.63) is 17.5 Å². The molecule has 0 aliphatic carbocycles. The molecule has 8 heteroatoms. The highest BCUT2D eigenvalue weighted by molar-refractivity contribution is 5.95. The van der Waals surface area contributed by atoms with Crippen molar-refractivity contribution in [3.8, 4) is 0 Å². The number of likely N-dealkylation sites (tertiary alicyclic amines) is 2. The van der Waals surface area contributed by atoms with Gasteiger partial charge in [0.05, 0.1) is 23.4 Å². The fourth-order valence-electron chi connectivity index (χ4n) is 3.67. The summed E-state index contributed by atoms with van der Waals surface area (Å²) in [7, 11) is 0. The van der Waals surface area contributed by atoms with Gasteiger partial charge in [0.1, 0.15) is 0 Å². The molecule has 1 aromatic heterocycles. The number of carbonyl (C=O) groups excluding carboxylic acids is 1. The number of piperidine rings is 1. The van der Waals surface area contributed by atoms with E-state index in [2.05, 4.69) is 5.10 Å². The number of alkyl halides is 2. The van der Waals surface area contributed by atoms with Gasteiger partial charge >= 0.3 is 0 Å². The fraction of sp³-hybridized carbons (Fsp3) is 0.765. The molecule has 0 bridgehead atoms. The monoisotopic (exact) mass is 356 g/mol. The third-order valence-corrected chi connectivity index (χ3v) is 5.23. The van der Waals surface area contributed by atoms with Gasteiger partial charge in [-0.15, -0.1) is 0 Å². The minimum Gasteiger partial charge on any atom is -0.387 e. The molecule has 6 nitrogen and oxygen atoms in total. The summed E-state index contributed by atoms with van der Waals surface area (Å²) in [4.78, 5) is 16.2. The van der Waals surface area contributed by atoms with Crippen molar-refractivity contribution < 1.29 is 18.7 Å². The first-order chi connectivity index (χ1) is 11.7. The highest BCUT2D eigenvalue weighted by atomic mass is 19.3. The molecule has 1 amide bonds. The van der Waals surface area contributed by atoms with Crippen LogP contribution in [-0.2, 0) is 6.54 Å². The van der Waals surface area contributed by atoms with E-state index < -0.39 is 11.5 Å². The zero-order valence-electron chi connectivity index (χ0n) is 14.8. The van der Waals surface area contributed by atoms with Crippen LogP contribution in [0.2, 0.25) is 0 Å². The second-order valence-electron chi connectivity index (χ2n) is 7.32. The van der Waals surface area contributed by atoms with Crippen molar-refractivity contribution in [2.24, 2.45) is 0 Å². The molecule has 2 fully saturated rings. The number of aryl methyl sites for hydroxylation is 2. The highest BCUT2D eigenvalue weighted by Gasteiger charge is 2.42. The maximum atomic E-state index is 13.3. The number of aliphatic hydroxyl groups is 1. The van der Waals surface area contributed by atoms with E-state index in [0.29, 0.717) is 37.3 Å². The van der Waals surface area contributed by atoms with Gasteiger partial charge in [0.2, 0.25) is 0 Å².